The number of carbonyl (C=O) groups is 2. The topological polar surface area (TPSA) is 87.7 Å². The van der Waals surface area contributed by atoms with E-state index in [1.54, 1.807) is 0 Å². The van der Waals surface area contributed by atoms with Crippen LogP contribution in [0.25, 0.3) is 0 Å². The van der Waals surface area contributed by atoms with Crippen molar-refractivity contribution in [3.63, 3.8) is 0 Å². The zero-order valence-electron chi connectivity index (χ0n) is 11.8. The number of alkyl halides is 3. The molecule has 0 radical (unpaired) electrons. The van der Waals surface area contributed by atoms with Crippen LogP contribution in [0.1, 0.15) is 12.5 Å². The number of hydrogen-bond donors (Lipinski definition) is 3. The highest BCUT2D eigenvalue weighted by atomic mass is 19.4. The number of anilines is 1. The minimum atomic E-state index is -5.25. The molecule has 2 amide bonds. The first-order valence-electron chi connectivity index (χ1n) is 6.22. The SMILES string of the molecule is CCOC(=O)[C@@](O)(c1ccc(NC(=O)NC)cc1)C(F)(F)F. The fourth-order valence-electron chi connectivity index (χ4n) is 1.62. The third-order valence-corrected chi connectivity index (χ3v) is 2.77. The number of amides is 2. The van der Waals surface area contributed by atoms with Crippen LogP contribution in [0.15, 0.2) is 24.3 Å². The summed E-state index contributed by atoms with van der Waals surface area (Å²) in [7, 11) is 1.37. The molecule has 0 bridgehead atoms. The molecule has 0 spiro atoms. The zero-order valence-corrected chi connectivity index (χ0v) is 11.8. The summed E-state index contributed by atoms with van der Waals surface area (Å²) >= 11 is 0. The molecule has 3 N–H and O–H groups in total. The van der Waals surface area contributed by atoms with Crippen molar-refractivity contribution in [2.75, 3.05) is 19.0 Å². The summed E-state index contributed by atoms with van der Waals surface area (Å²) in [6.45, 7) is 1.01. The lowest BCUT2D eigenvalue weighted by atomic mass is 9.93. The van der Waals surface area contributed by atoms with E-state index in [-0.39, 0.29) is 12.3 Å². The second kappa shape index (κ2) is 6.65. The number of urea groups is 1. The summed E-state index contributed by atoms with van der Waals surface area (Å²) in [5.41, 5.74) is -4.29. The number of aliphatic hydroxyl groups is 1. The Balaban J connectivity index is 3.17. The number of nitrogens with one attached hydrogen (secondary N) is 2. The maximum atomic E-state index is 13.1. The lowest BCUT2D eigenvalue weighted by molar-refractivity contribution is -0.267. The minimum Gasteiger partial charge on any atom is -0.463 e. The van der Waals surface area contributed by atoms with E-state index in [1.807, 2.05) is 0 Å². The normalized spacial score (nSPS) is 13.9. The Labute approximate surface area is 124 Å². The van der Waals surface area contributed by atoms with E-state index in [1.165, 1.54) is 14.0 Å². The molecule has 0 heterocycles. The molecule has 0 aliphatic heterocycles. The van der Waals surface area contributed by atoms with Gasteiger partial charge in [0.05, 0.1) is 6.61 Å². The van der Waals surface area contributed by atoms with Crippen molar-refractivity contribution in [2.24, 2.45) is 0 Å². The van der Waals surface area contributed by atoms with Crippen molar-refractivity contribution >= 4 is 17.7 Å². The molecule has 0 aromatic heterocycles. The molecule has 6 nitrogen and oxygen atoms in total. The van der Waals surface area contributed by atoms with Crippen LogP contribution in [0.3, 0.4) is 0 Å². The van der Waals surface area contributed by atoms with Gasteiger partial charge >= 0.3 is 18.2 Å². The maximum Gasteiger partial charge on any atom is 0.432 e. The fourth-order valence-corrected chi connectivity index (χ4v) is 1.62. The number of ether oxygens (including phenoxy) is 1. The highest BCUT2D eigenvalue weighted by Gasteiger charge is 2.62. The van der Waals surface area contributed by atoms with Gasteiger partial charge in [0.2, 0.25) is 0 Å². The predicted octanol–water partition coefficient (Wildman–Crippen LogP) is 1.75. The van der Waals surface area contributed by atoms with E-state index in [0.717, 1.165) is 24.3 Å². The van der Waals surface area contributed by atoms with Crippen molar-refractivity contribution < 1.29 is 32.6 Å². The van der Waals surface area contributed by atoms with E-state index < -0.39 is 29.3 Å². The molecule has 1 aromatic rings. The number of esters is 1. The molecular formula is C13H15F3N2O4. The Morgan fingerprint density at radius 2 is 1.77 bits per heavy atom. The van der Waals surface area contributed by atoms with Crippen molar-refractivity contribution in [3.05, 3.63) is 29.8 Å². The largest absolute Gasteiger partial charge is 0.463 e. The Kier molecular flexibility index (Phi) is 5.37. The van der Waals surface area contributed by atoms with Crippen molar-refractivity contribution in [2.45, 2.75) is 18.7 Å². The molecule has 1 atom stereocenters. The van der Waals surface area contributed by atoms with Crippen LogP contribution < -0.4 is 10.6 Å². The first kappa shape index (κ1) is 17.8. The molecular weight excluding hydrogens is 305 g/mol. The summed E-state index contributed by atoms with van der Waals surface area (Å²) in [6, 6.07) is 3.45. The average Bonchev–Trinajstić information content (AvgIpc) is 2.46. The van der Waals surface area contributed by atoms with Gasteiger partial charge in [-0.05, 0) is 19.1 Å². The van der Waals surface area contributed by atoms with Crippen LogP contribution in [-0.4, -0.2) is 36.9 Å². The van der Waals surface area contributed by atoms with Crippen LogP contribution in [0, 0.1) is 0 Å². The molecule has 122 valence electrons. The smallest absolute Gasteiger partial charge is 0.432 e. The maximum absolute atomic E-state index is 13.1. The monoisotopic (exact) mass is 320 g/mol. The highest BCUT2D eigenvalue weighted by Crippen LogP contribution is 2.40. The molecule has 0 saturated carbocycles. The van der Waals surface area contributed by atoms with E-state index in [2.05, 4.69) is 15.4 Å². The Hall–Kier alpha value is -2.29. The zero-order chi connectivity index (χ0) is 17.0. The first-order valence-corrected chi connectivity index (χ1v) is 6.22. The Morgan fingerprint density at radius 1 is 1.23 bits per heavy atom. The highest BCUT2D eigenvalue weighted by molar-refractivity contribution is 5.89. The van der Waals surface area contributed by atoms with E-state index in [9.17, 15) is 27.9 Å². The van der Waals surface area contributed by atoms with Crippen LogP contribution in [0.4, 0.5) is 23.7 Å². The molecule has 22 heavy (non-hydrogen) atoms. The van der Waals surface area contributed by atoms with Crippen LogP contribution in [0.5, 0.6) is 0 Å². The number of benzene rings is 1. The molecule has 0 unspecified atom stereocenters. The number of halogens is 3. The summed E-state index contributed by atoms with van der Waals surface area (Å²) in [5, 5.41) is 14.4. The van der Waals surface area contributed by atoms with Crippen molar-refractivity contribution in [1.29, 1.82) is 0 Å². The number of rotatable bonds is 4. The summed E-state index contributed by atoms with van der Waals surface area (Å²) in [5.74, 6) is -1.81. The van der Waals surface area contributed by atoms with E-state index in [4.69, 9.17) is 0 Å². The van der Waals surface area contributed by atoms with Gasteiger partial charge in [-0.3, -0.25) is 0 Å². The summed E-state index contributed by atoms with van der Waals surface area (Å²) < 4.78 is 43.6. The standard InChI is InChI=1S/C13H15F3N2O4/c1-3-22-10(19)12(21,13(14,15)16)8-4-6-9(7-5-8)18-11(20)17-2/h4-7,21H,3H2,1-2H3,(H2,17,18,20)/t12-/m0/s1. The van der Waals surface area contributed by atoms with Crippen LogP contribution in [0.2, 0.25) is 0 Å². The van der Waals surface area contributed by atoms with Gasteiger partial charge in [-0.2, -0.15) is 13.2 Å². The molecule has 0 fully saturated rings. The lowest BCUT2D eigenvalue weighted by Crippen LogP contribution is -2.50. The van der Waals surface area contributed by atoms with Crippen LogP contribution >= 0.6 is 0 Å². The lowest BCUT2D eigenvalue weighted by Gasteiger charge is -2.28. The van der Waals surface area contributed by atoms with E-state index >= 15 is 0 Å². The van der Waals surface area contributed by atoms with Gasteiger partial charge in [0.25, 0.3) is 5.60 Å². The number of hydrogen-bond acceptors (Lipinski definition) is 4. The quantitative estimate of drug-likeness (QED) is 0.738. The Morgan fingerprint density at radius 3 is 2.18 bits per heavy atom. The predicted molar refractivity (Wildman–Crippen MR) is 71.1 cm³/mol. The van der Waals surface area contributed by atoms with Gasteiger partial charge in [0, 0.05) is 18.3 Å². The summed E-state index contributed by atoms with van der Waals surface area (Å²) in [6.07, 6.45) is -5.25. The number of carbonyl (C=O) groups excluding carboxylic acids is 2. The minimum absolute atomic E-state index is 0.191. The van der Waals surface area contributed by atoms with Gasteiger partial charge < -0.3 is 20.5 Å². The van der Waals surface area contributed by atoms with Crippen molar-refractivity contribution in [3.8, 4) is 0 Å². The van der Waals surface area contributed by atoms with Gasteiger partial charge in [-0.25, -0.2) is 9.59 Å². The summed E-state index contributed by atoms with van der Waals surface area (Å²) in [4.78, 5) is 22.6. The molecule has 1 rings (SSSR count). The van der Waals surface area contributed by atoms with E-state index in [0.29, 0.717) is 0 Å². The van der Waals surface area contributed by atoms with Gasteiger partial charge in [-0.1, -0.05) is 12.1 Å². The molecule has 9 heteroatoms. The third-order valence-electron chi connectivity index (χ3n) is 2.77. The second-order valence-corrected chi connectivity index (χ2v) is 4.21. The van der Waals surface area contributed by atoms with Gasteiger partial charge in [0.1, 0.15) is 0 Å². The Bertz CT molecular complexity index is 545. The molecule has 0 aliphatic rings. The van der Waals surface area contributed by atoms with Gasteiger partial charge in [-0.15, -0.1) is 0 Å². The van der Waals surface area contributed by atoms with Crippen molar-refractivity contribution in [1.82, 2.24) is 5.32 Å². The molecule has 1 aromatic carbocycles. The first-order chi connectivity index (χ1) is 10.2. The third kappa shape index (κ3) is 3.48. The fraction of sp³-hybridized carbons (Fsp3) is 0.385. The molecule has 0 aliphatic carbocycles. The van der Waals surface area contributed by atoms with Crippen LogP contribution in [-0.2, 0) is 15.1 Å². The average molecular weight is 320 g/mol. The molecule has 0 saturated heterocycles. The second-order valence-electron chi connectivity index (χ2n) is 4.21. The van der Waals surface area contributed by atoms with Gasteiger partial charge in [0.15, 0.2) is 0 Å².